The second kappa shape index (κ2) is 4.73. The van der Waals surface area contributed by atoms with Crippen molar-refractivity contribution in [1.29, 1.82) is 0 Å². The number of hydrogen-bond acceptors (Lipinski definition) is 1. The highest BCUT2D eigenvalue weighted by molar-refractivity contribution is 4.68. The molecule has 2 heteroatoms. The number of rotatable bonds is 5. The molecule has 0 aliphatic rings. The highest BCUT2D eigenvalue weighted by Gasteiger charge is 2.25. The molecular formula is C9H21NO. The summed E-state index contributed by atoms with van der Waals surface area (Å²) in [4.78, 5) is 0. The first-order chi connectivity index (χ1) is 5.10. The van der Waals surface area contributed by atoms with Crippen LogP contribution in [0.25, 0.3) is 0 Å². The Labute approximate surface area is 70.2 Å². The first-order valence-corrected chi connectivity index (χ1v) is 4.64. The zero-order chi connectivity index (χ0) is 8.91. The summed E-state index contributed by atoms with van der Waals surface area (Å²) >= 11 is 0. The lowest BCUT2D eigenvalue weighted by Crippen LogP contribution is -3.15. The molecular weight excluding hydrogens is 138 g/mol. The van der Waals surface area contributed by atoms with Gasteiger partial charge in [-0.2, -0.15) is 0 Å². The third-order valence-corrected chi connectivity index (χ3v) is 2.71. The predicted octanol–water partition coefficient (Wildman–Crippen LogP) is 1.36. The quantitative estimate of drug-likeness (QED) is 0.603. The van der Waals surface area contributed by atoms with Gasteiger partial charge in [-0.3, -0.25) is 0 Å². The summed E-state index contributed by atoms with van der Waals surface area (Å²) in [6.45, 7) is 9.07. The molecule has 1 N–H and O–H groups in total. The van der Waals surface area contributed by atoms with Crippen molar-refractivity contribution < 1.29 is 5.06 Å². The van der Waals surface area contributed by atoms with Crippen molar-refractivity contribution in [3.8, 4) is 0 Å². The minimum Gasteiger partial charge on any atom is -0.634 e. The van der Waals surface area contributed by atoms with Crippen molar-refractivity contribution in [2.24, 2.45) is 0 Å². The molecule has 11 heavy (non-hydrogen) atoms. The van der Waals surface area contributed by atoms with Gasteiger partial charge in [-0.05, 0) is 26.2 Å². The largest absolute Gasteiger partial charge is 0.634 e. The van der Waals surface area contributed by atoms with Crippen LogP contribution in [-0.2, 0) is 0 Å². The molecule has 0 rings (SSSR count). The van der Waals surface area contributed by atoms with Gasteiger partial charge in [-0.25, -0.2) is 0 Å². The van der Waals surface area contributed by atoms with Crippen molar-refractivity contribution in [3.63, 3.8) is 0 Å². The first kappa shape index (κ1) is 10.9. The van der Waals surface area contributed by atoms with E-state index in [9.17, 15) is 5.21 Å². The highest BCUT2D eigenvalue weighted by Crippen LogP contribution is 2.08. The van der Waals surface area contributed by atoms with Crippen molar-refractivity contribution in [2.75, 3.05) is 6.54 Å². The van der Waals surface area contributed by atoms with E-state index in [0.29, 0.717) is 5.06 Å². The fourth-order valence-electron chi connectivity index (χ4n) is 1.17. The highest BCUT2D eigenvalue weighted by atomic mass is 16.5. The van der Waals surface area contributed by atoms with Gasteiger partial charge >= 0.3 is 0 Å². The van der Waals surface area contributed by atoms with Crippen LogP contribution in [0.5, 0.6) is 0 Å². The second-order valence-electron chi connectivity index (χ2n) is 3.44. The Bertz CT molecular complexity index is 99.7. The van der Waals surface area contributed by atoms with Gasteiger partial charge in [0.15, 0.2) is 0 Å². The standard InChI is InChI=1S/C9H21NO/c1-5-8-10(11)9(4,6-2)7-3/h10H,5-8H2,1-4H3. The van der Waals surface area contributed by atoms with E-state index in [0.717, 1.165) is 25.8 Å². The van der Waals surface area contributed by atoms with E-state index < -0.39 is 0 Å². The second-order valence-corrected chi connectivity index (χ2v) is 3.44. The molecule has 0 amide bonds. The molecule has 0 spiro atoms. The smallest absolute Gasteiger partial charge is 0.0940 e. The molecule has 0 radical (unpaired) electrons. The molecule has 68 valence electrons. The maximum absolute atomic E-state index is 11.5. The molecule has 0 aliphatic heterocycles. The Morgan fingerprint density at radius 1 is 1.18 bits per heavy atom. The Balaban J connectivity index is 4.00. The van der Waals surface area contributed by atoms with Crippen LogP contribution in [0.15, 0.2) is 0 Å². The van der Waals surface area contributed by atoms with Gasteiger partial charge < -0.3 is 10.3 Å². The molecule has 1 atom stereocenters. The Morgan fingerprint density at radius 3 is 1.91 bits per heavy atom. The Hall–Kier alpha value is -0.0800. The topological polar surface area (TPSA) is 27.5 Å². The summed E-state index contributed by atoms with van der Waals surface area (Å²) in [6.07, 6.45) is 2.93. The van der Waals surface area contributed by atoms with Crippen LogP contribution in [0, 0.1) is 5.21 Å². The third kappa shape index (κ3) is 2.80. The SMILES string of the molecule is CCC[NH+]([O-])C(C)(CC)CC. The summed E-state index contributed by atoms with van der Waals surface area (Å²) in [5, 5.41) is 12.0. The molecule has 0 fully saturated rings. The molecule has 0 aliphatic carbocycles. The summed E-state index contributed by atoms with van der Waals surface area (Å²) < 4.78 is 0. The minimum absolute atomic E-state index is 0.0456. The maximum atomic E-state index is 11.5. The van der Waals surface area contributed by atoms with E-state index in [-0.39, 0.29) is 5.54 Å². The van der Waals surface area contributed by atoms with Gasteiger partial charge in [0.2, 0.25) is 0 Å². The van der Waals surface area contributed by atoms with Crippen LogP contribution in [-0.4, -0.2) is 12.1 Å². The van der Waals surface area contributed by atoms with E-state index in [2.05, 4.69) is 27.7 Å². The predicted molar refractivity (Wildman–Crippen MR) is 48.5 cm³/mol. The molecule has 1 unspecified atom stereocenters. The molecule has 0 aromatic carbocycles. The van der Waals surface area contributed by atoms with Crippen molar-refractivity contribution in [1.82, 2.24) is 0 Å². The Morgan fingerprint density at radius 2 is 1.64 bits per heavy atom. The number of quaternary nitrogens is 1. The van der Waals surface area contributed by atoms with E-state index in [1.807, 2.05) is 0 Å². The lowest BCUT2D eigenvalue weighted by atomic mass is 9.95. The molecule has 0 saturated carbocycles. The average molecular weight is 159 g/mol. The summed E-state index contributed by atoms with van der Waals surface area (Å²) in [6, 6.07) is 0. The maximum Gasteiger partial charge on any atom is 0.0940 e. The fourth-order valence-corrected chi connectivity index (χ4v) is 1.17. The van der Waals surface area contributed by atoms with Gasteiger partial charge in [-0.1, -0.05) is 20.8 Å². The molecule has 0 aromatic rings. The lowest BCUT2D eigenvalue weighted by molar-refractivity contribution is -0.904. The Kier molecular flexibility index (Phi) is 4.69. The fraction of sp³-hybridized carbons (Fsp3) is 1.00. The van der Waals surface area contributed by atoms with E-state index in [1.54, 1.807) is 0 Å². The van der Waals surface area contributed by atoms with Crippen molar-refractivity contribution >= 4 is 0 Å². The van der Waals surface area contributed by atoms with Gasteiger partial charge in [0, 0.05) is 0 Å². The van der Waals surface area contributed by atoms with Crippen LogP contribution < -0.4 is 5.06 Å². The third-order valence-electron chi connectivity index (χ3n) is 2.71. The summed E-state index contributed by atoms with van der Waals surface area (Å²) in [5.41, 5.74) is -0.0456. The van der Waals surface area contributed by atoms with Gasteiger partial charge in [0.25, 0.3) is 0 Å². The molecule has 0 saturated heterocycles. The number of nitrogens with one attached hydrogen (secondary N) is 1. The van der Waals surface area contributed by atoms with Crippen LogP contribution in [0.4, 0.5) is 0 Å². The van der Waals surface area contributed by atoms with E-state index in [4.69, 9.17) is 0 Å². The van der Waals surface area contributed by atoms with Gasteiger partial charge in [0.05, 0.1) is 12.1 Å². The normalized spacial score (nSPS) is 15.0. The molecule has 2 nitrogen and oxygen atoms in total. The number of hydroxylamine groups is 2. The molecule has 0 bridgehead atoms. The molecule has 0 heterocycles. The lowest BCUT2D eigenvalue weighted by Gasteiger charge is -2.39. The van der Waals surface area contributed by atoms with Crippen LogP contribution >= 0.6 is 0 Å². The summed E-state index contributed by atoms with van der Waals surface area (Å²) in [5.74, 6) is 0. The molecule has 0 aromatic heterocycles. The zero-order valence-electron chi connectivity index (χ0n) is 8.24. The zero-order valence-corrected chi connectivity index (χ0v) is 8.24. The minimum atomic E-state index is -0.0456. The first-order valence-electron chi connectivity index (χ1n) is 4.64. The monoisotopic (exact) mass is 159 g/mol. The van der Waals surface area contributed by atoms with Gasteiger partial charge in [-0.15, -0.1) is 0 Å². The number of hydrogen-bond donors (Lipinski definition) is 1. The van der Waals surface area contributed by atoms with E-state index in [1.165, 1.54) is 0 Å². The van der Waals surface area contributed by atoms with Gasteiger partial charge in [0.1, 0.15) is 0 Å². The van der Waals surface area contributed by atoms with Crippen LogP contribution in [0.1, 0.15) is 47.0 Å². The van der Waals surface area contributed by atoms with Crippen LogP contribution in [0.3, 0.4) is 0 Å². The van der Waals surface area contributed by atoms with Crippen LogP contribution in [0.2, 0.25) is 0 Å². The van der Waals surface area contributed by atoms with Crippen molar-refractivity contribution in [2.45, 2.75) is 52.5 Å². The van der Waals surface area contributed by atoms with E-state index >= 15 is 0 Å². The summed E-state index contributed by atoms with van der Waals surface area (Å²) in [7, 11) is 0. The average Bonchev–Trinajstić information content (AvgIpc) is 2.03. The van der Waals surface area contributed by atoms with Crippen molar-refractivity contribution in [3.05, 3.63) is 5.21 Å².